The summed E-state index contributed by atoms with van der Waals surface area (Å²) in [5.74, 6) is 0. The molecule has 1 aromatic heterocycles. The molecule has 0 amide bonds. The second-order valence-electron chi connectivity index (χ2n) is 5.94. The van der Waals surface area contributed by atoms with Crippen molar-refractivity contribution in [3.63, 3.8) is 0 Å². The molecule has 98 valence electrons. The monoisotopic (exact) mass is 246 g/mol. The zero-order valence-electron chi connectivity index (χ0n) is 10.9. The molecule has 1 aromatic rings. The van der Waals surface area contributed by atoms with Crippen molar-refractivity contribution in [2.24, 2.45) is 5.41 Å². The lowest BCUT2D eigenvalue weighted by molar-refractivity contribution is -0.0120. The third-order valence-corrected chi connectivity index (χ3v) is 4.70. The van der Waals surface area contributed by atoms with Gasteiger partial charge in [0.25, 0.3) is 0 Å². The van der Waals surface area contributed by atoms with Gasteiger partial charge in [0, 0.05) is 30.9 Å². The quantitative estimate of drug-likeness (QED) is 0.869. The highest BCUT2D eigenvalue weighted by molar-refractivity contribution is 5.10. The molecule has 0 unspecified atom stereocenters. The number of hydrogen-bond donors (Lipinski definition) is 1. The van der Waals surface area contributed by atoms with Gasteiger partial charge in [0.1, 0.15) is 0 Å². The van der Waals surface area contributed by atoms with Crippen LogP contribution in [0.15, 0.2) is 24.5 Å². The van der Waals surface area contributed by atoms with Gasteiger partial charge in [-0.2, -0.15) is 0 Å². The largest absolute Gasteiger partial charge is 0.393 e. The summed E-state index contributed by atoms with van der Waals surface area (Å²) in [7, 11) is 0. The summed E-state index contributed by atoms with van der Waals surface area (Å²) in [6.45, 7) is 3.23. The van der Waals surface area contributed by atoms with E-state index in [2.05, 4.69) is 22.0 Å². The van der Waals surface area contributed by atoms with E-state index in [1.807, 2.05) is 12.4 Å². The van der Waals surface area contributed by atoms with Crippen LogP contribution >= 0.6 is 0 Å². The van der Waals surface area contributed by atoms with Crippen LogP contribution in [0.2, 0.25) is 0 Å². The number of aliphatic hydroxyl groups is 1. The molecule has 3 nitrogen and oxygen atoms in total. The highest BCUT2D eigenvalue weighted by Gasteiger charge is 2.44. The average Bonchev–Trinajstić information content (AvgIpc) is 2.72. The molecule has 2 fully saturated rings. The van der Waals surface area contributed by atoms with Gasteiger partial charge >= 0.3 is 0 Å². The molecule has 1 N–H and O–H groups in total. The Labute approximate surface area is 109 Å². The Morgan fingerprint density at radius 3 is 2.78 bits per heavy atom. The van der Waals surface area contributed by atoms with Gasteiger partial charge in [-0.25, -0.2) is 0 Å². The zero-order valence-corrected chi connectivity index (χ0v) is 10.9. The summed E-state index contributed by atoms with van der Waals surface area (Å²) in [4.78, 5) is 6.57. The maximum Gasteiger partial charge on any atom is 0.0608 e. The first kappa shape index (κ1) is 12.1. The Bertz CT molecular complexity index is 395. The Kier molecular flexibility index (Phi) is 3.35. The van der Waals surface area contributed by atoms with Crippen LogP contribution in [0.4, 0.5) is 0 Å². The van der Waals surface area contributed by atoms with Gasteiger partial charge in [0.15, 0.2) is 0 Å². The summed E-state index contributed by atoms with van der Waals surface area (Å²) in [5, 5.41) is 10.3. The zero-order chi connectivity index (χ0) is 12.4. The van der Waals surface area contributed by atoms with Crippen LogP contribution in [0.5, 0.6) is 0 Å². The number of pyridine rings is 1. The van der Waals surface area contributed by atoms with Gasteiger partial charge in [0.05, 0.1) is 6.10 Å². The van der Waals surface area contributed by atoms with E-state index in [0.29, 0.717) is 0 Å². The van der Waals surface area contributed by atoms with E-state index in [0.717, 1.165) is 26.1 Å². The number of hydrogen-bond acceptors (Lipinski definition) is 3. The molecule has 1 spiro atoms. The van der Waals surface area contributed by atoms with Crippen LogP contribution in [0.1, 0.15) is 37.7 Å². The van der Waals surface area contributed by atoms with Crippen LogP contribution < -0.4 is 0 Å². The number of aromatic nitrogens is 1. The average molecular weight is 246 g/mol. The van der Waals surface area contributed by atoms with Crippen molar-refractivity contribution in [2.45, 2.75) is 44.8 Å². The minimum Gasteiger partial charge on any atom is -0.393 e. The maximum absolute atomic E-state index is 10.3. The van der Waals surface area contributed by atoms with Crippen LogP contribution in [0.3, 0.4) is 0 Å². The van der Waals surface area contributed by atoms with E-state index in [-0.39, 0.29) is 11.5 Å². The predicted molar refractivity (Wildman–Crippen MR) is 71.0 cm³/mol. The molecule has 1 saturated heterocycles. The van der Waals surface area contributed by atoms with Gasteiger partial charge in [-0.15, -0.1) is 0 Å². The lowest BCUT2D eigenvalue weighted by Crippen LogP contribution is -2.46. The summed E-state index contributed by atoms with van der Waals surface area (Å²) >= 11 is 0. The summed E-state index contributed by atoms with van der Waals surface area (Å²) < 4.78 is 0. The summed E-state index contributed by atoms with van der Waals surface area (Å²) in [6, 6.07) is 4.18. The fourth-order valence-corrected chi connectivity index (χ4v) is 3.74. The van der Waals surface area contributed by atoms with Crippen molar-refractivity contribution in [2.75, 3.05) is 13.1 Å². The van der Waals surface area contributed by atoms with Gasteiger partial charge in [0.2, 0.25) is 0 Å². The van der Waals surface area contributed by atoms with Crippen LogP contribution in [0, 0.1) is 5.41 Å². The van der Waals surface area contributed by atoms with Gasteiger partial charge < -0.3 is 5.11 Å². The van der Waals surface area contributed by atoms with Crippen LogP contribution in [-0.4, -0.2) is 34.2 Å². The molecule has 1 aliphatic carbocycles. The standard InChI is InChI=1S/C15H22N2O/c18-14-3-1-6-15(14)7-2-10-17(12-15)11-13-4-8-16-9-5-13/h4-5,8-9,14,18H,1-3,6-7,10-12H2/t14-,15-/m1/s1. The van der Waals surface area contributed by atoms with Crippen molar-refractivity contribution in [1.82, 2.24) is 9.88 Å². The molecular formula is C15H22N2O. The van der Waals surface area contributed by atoms with Crippen molar-refractivity contribution in [3.05, 3.63) is 30.1 Å². The first-order chi connectivity index (χ1) is 8.78. The van der Waals surface area contributed by atoms with Gasteiger partial charge in [-0.05, 0) is 49.9 Å². The molecule has 0 aromatic carbocycles. The van der Waals surface area contributed by atoms with Crippen molar-refractivity contribution >= 4 is 0 Å². The Morgan fingerprint density at radius 2 is 2.06 bits per heavy atom. The Hall–Kier alpha value is -0.930. The van der Waals surface area contributed by atoms with E-state index in [1.165, 1.54) is 31.2 Å². The number of rotatable bonds is 2. The second-order valence-corrected chi connectivity index (χ2v) is 5.94. The van der Waals surface area contributed by atoms with Gasteiger partial charge in [-0.3, -0.25) is 9.88 Å². The van der Waals surface area contributed by atoms with Gasteiger partial charge in [-0.1, -0.05) is 6.42 Å². The van der Waals surface area contributed by atoms with E-state index in [9.17, 15) is 5.11 Å². The smallest absolute Gasteiger partial charge is 0.0608 e. The molecule has 0 radical (unpaired) electrons. The Balaban J connectivity index is 1.67. The number of nitrogens with zero attached hydrogens (tertiary/aromatic N) is 2. The predicted octanol–water partition coefficient (Wildman–Crippen LogP) is 2.21. The number of likely N-dealkylation sites (tertiary alicyclic amines) is 1. The molecule has 18 heavy (non-hydrogen) atoms. The molecule has 1 saturated carbocycles. The highest BCUT2D eigenvalue weighted by atomic mass is 16.3. The molecule has 3 heteroatoms. The maximum atomic E-state index is 10.3. The first-order valence-electron chi connectivity index (χ1n) is 7.08. The second kappa shape index (κ2) is 4.98. The SMILES string of the molecule is O[C@@H]1CCC[C@]12CCCN(Cc1ccncc1)C2. The lowest BCUT2D eigenvalue weighted by Gasteiger charge is -2.42. The number of aliphatic hydroxyl groups excluding tert-OH is 1. The molecule has 2 aliphatic rings. The lowest BCUT2D eigenvalue weighted by atomic mass is 9.76. The molecule has 2 atom stereocenters. The number of piperidine rings is 1. The van der Waals surface area contributed by atoms with E-state index in [4.69, 9.17) is 0 Å². The molecule has 3 rings (SSSR count). The van der Waals surface area contributed by atoms with E-state index < -0.39 is 0 Å². The third-order valence-electron chi connectivity index (χ3n) is 4.70. The molecular weight excluding hydrogens is 224 g/mol. The molecule has 0 bridgehead atoms. The van der Waals surface area contributed by atoms with E-state index >= 15 is 0 Å². The third kappa shape index (κ3) is 2.29. The van der Waals surface area contributed by atoms with Crippen LogP contribution in [0.25, 0.3) is 0 Å². The van der Waals surface area contributed by atoms with Crippen molar-refractivity contribution in [3.8, 4) is 0 Å². The first-order valence-corrected chi connectivity index (χ1v) is 7.08. The van der Waals surface area contributed by atoms with Crippen molar-refractivity contribution < 1.29 is 5.11 Å². The minimum atomic E-state index is -0.0715. The molecule has 1 aliphatic heterocycles. The fraction of sp³-hybridized carbons (Fsp3) is 0.667. The summed E-state index contributed by atoms with van der Waals surface area (Å²) in [6.07, 6.45) is 9.49. The molecule has 2 heterocycles. The Morgan fingerprint density at radius 1 is 1.28 bits per heavy atom. The van der Waals surface area contributed by atoms with E-state index in [1.54, 1.807) is 0 Å². The summed E-state index contributed by atoms with van der Waals surface area (Å²) in [5.41, 5.74) is 1.53. The minimum absolute atomic E-state index is 0.0715. The van der Waals surface area contributed by atoms with Crippen molar-refractivity contribution in [1.29, 1.82) is 0 Å². The fourth-order valence-electron chi connectivity index (χ4n) is 3.74. The normalized spacial score (nSPS) is 33.1. The van der Waals surface area contributed by atoms with Crippen LogP contribution in [-0.2, 0) is 6.54 Å². The highest BCUT2D eigenvalue weighted by Crippen LogP contribution is 2.45. The topological polar surface area (TPSA) is 36.4 Å².